The van der Waals surface area contributed by atoms with Crippen LogP contribution in [0.2, 0.25) is 0 Å². The third-order valence-electron chi connectivity index (χ3n) is 11.3. The number of methoxy groups -OCH3 is 1. The Kier molecular flexibility index (Phi) is 21.0. The minimum absolute atomic E-state index is 0.0534. The lowest BCUT2D eigenvalue weighted by atomic mass is 10.1. The van der Waals surface area contributed by atoms with E-state index in [1.165, 1.54) is 16.7 Å². The Morgan fingerprint density at radius 3 is 1.38 bits per heavy atom. The number of benzene rings is 3. The third-order valence-corrected chi connectivity index (χ3v) is 11.3. The summed E-state index contributed by atoms with van der Waals surface area (Å²) in [7, 11) is 1.81. The van der Waals surface area contributed by atoms with Gasteiger partial charge in [-0.05, 0) is 103 Å². The molecule has 4 saturated heterocycles. The maximum atomic E-state index is 11.1. The van der Waals surface area contributed by atoms with E-state index in [-0.39, 0.29) is 5.60 Å². The van der Waals surface area contributed by atoms with Crippen LogP contribution in [0.15, 0.2) is 72.8 Å². The predicted molar refractivity (Wildman–Crippen MR) is 241 cm³/mol. The minimum atomic E-state index is -0.488. The first-order valence-corrected chi connectivity index (χ1v) is 22.1. The van der Waals surface area contributed by atoms with Gasteiger partial charge in [-0.15, -0.1) is 0 Å². The summed E-state index contributed by atoms with van der Waals surface area (Å²) in [5.74, 6) is 3.54. The van der Waals surface area contributed by atoms with Crippen LogP contribution in [0.5, 0.6) is 17.2 Å². The average Bonchev–Trinajstić information content (AvgIpc) is 4.05. The molecule has 3 aromatic carbocycles. The number of hydrogen-bond donors (Lipinski definition) is 2. The van der Waals surface area contributed by atoms with Crippen LogP contribution in [0.4, 0.5) is 0 Å². The van der Waals surface area contributed by atoms with Gasteiger partial charge < -0.3 is 39.2 Å². The van der Waals surface area contributed by atoms with Gasteiger partial charge in [-0.25, -0.2) is 0 Å². The number of aryl methyl sites for hydroxylation is 3. The predicted octanol–water partition coefficient (Wildman–Crippen LogP) is 6.68. The van der Waals surface area contributed by atoms with Crippen molar-refractivity contribution >= 4 is 11.6 Å². The molecule has 0 spiro atoms. The molecule has 11 heteroatoms. The molecule has 7 rings (SSSR count). The number of ketones is 2. The molecule has 2 atom stereocenters. The third kappa shape index (κ3) is 19.7. The molecule has 4 fully saturated rings. The summed E-state index contributed by atoms with van der Waals surface area (Å²) in [6.45, 7) is 22.6. The maximum Gasteiger partial charge on any atom is 0.148 e. The largest absolute Gasteiger partial charge is 0.494 e. The highest BCUT2D eigenvalue weighted by Gasteiger charge is 2.33. The van der Waals surface area contributed by atoms with Crippen molar-refractivity contribution in [2.45, 2.75) is 90.8 Å². The summed E-state index contributed by atoms with van der Waals surface area (Å²) < 4.78 is 22.6. The Hall–Kier alpha value is -3.84. The molecule has 60 heavy (non-hydrogen) atoms. The quantitative estimate of drug-likeness (QED) is 0.151. The van der Waals surface area contributed by atoms with Crippen LogP contribution in [0.25, 0.3) is 0 Å². The number of likely N-dealkylation sites (tertiary alicyclic amines) is 3. The van der Waals surface area contributed by atoms with E-state index in [0.717, 1.165) is 134 Å². The lowest BCUT2D eigenvalue weighted by Crippen LogP contribution is -2.32. The highest BCUT2D eigenvalue weighted by Crippen LogP contribution is 2.24. The van der Waals surface area contributed by atoms with Crippen LogP contribution < -0.4 is 19.5 Å². The number of nitrogens with zero attached hydrogens (tertiary/aromatic N) is 3. The van der Waals surface area contributed by atoms with E-state index in [0.29, 0.717) is 31.3 Å². The number of carbonyl (C=O) groups is 2. The van der Waals surface area contributed by atoms with Crippen molar-refractivity contribution < 1.29 is 33.6 Å². The van der Waals surface area contributed by atoms with Gasteiger partial charge in [-0.3, -0.25) is 14.5 Å². The van der Waals surface area contributed by atoms with E-state index in [9.17, 15) is 14.7 Å². The molecule has 2 N–H and O–H groups in total. The van der Waals surface area contributed by atoms with Crippen molar-refractivity contribution in [2.24, 2.45) is 0 Å². The second-order valence-corrected chi connectivity index (χ2v) is 17.3. The monoisotopic (exact) mass is 831 g/mol. The van der Waals surface area contributed by atoms with Crippen molar-refractivity contribution in [3.8, 4) is 17.2 Å². The molecule has 0 radical (unpaired) electrons. The van der Waals surface area contributed by atoms with Crippen LogP contribution >= 0.6 is 0 Å². The van der Waals surface area contributed by atoms with Crippen molar-refractivity contribution in [1.82, 2.24) is 20.0 Å². The number of carbonyl (C=O) groups excluding carboxylic acids is 2. The Bertz CT molecular complexity index is 1660. The molecule has 0 amide bonds. The summed E-state index contributed by atoms with van der Waals surface area (Å²) in [5, 5.41) is 12.8. The SMILES string of the molecule is COC1(C)CCN(CCCOc2ccc(C)cc2)C1.Cc1ccc(OCCCN2CCC(=O)C2)cc1.Cc1ccc(OCCCN2CCC(C)(O)C2)cc1.O=C1CCNC1. The van der Waals surface area contributed by atoms with Crippen LogP contribution in [0.3, 0.4) is 0 Å². The van der Waals surface area contributed by atoms with Gasteiger partial charge in [0.15, 0.2) is 0 Å². The Morgan fingerprint density at radius 2 is 1.05 bits per heavy atom. The highest BCUT2D eigenvalue weighted by molar-refractivity contribution is 5.82. The van der Waals surface area contributed by atoms with Gasteiger partial charge in [-0.2, -0.15) is 0 Å². The highest BCUT2D eigenvalue weighted by atomic mass is 16.5. The molecular weight excluding hydrogens is 757 g/mol. The molecule has 0 aliphatic carbocycles. The van der Waals surface area contributed by atoms with Crippen LogP contribution in [0, 0.1) is 20.8 Å². The van der Waals surface area contributed by atoms with E-state index in [2.05, 4.69) is 84.1 Å². The average molecular weight is 831 g/mol. The zero-order valence-electron chi connectivity index (χ0n) is 37.5. The number of aliphatic hydroxyl groups is 1. The van der Waals surface area contributed by atoms with Crippen molar-refractivity contribution in [2.75, 3.05) is 98.9 Å². The summed E-state index contributed by atoms with van der Waals surface area (Å²) >= 11 is 0. The number of hydrogen-bond acceptors (Lipinski definition) is 11. The first-order chi connectivity index (χ1) is 28.8. The number of ether oxygens (including phenoxy) is 4. The lowest BCUT2D eigenvalue weighted by molar-refractivity contribution is -0.117. The van der Waals surface area contributed by atoms with Crippen molar-refractivity contribution in [3.05, 3.63) is 89.5 Å². The molecule has 0 saturated carbocycles. The van der Waals surface area contributed by atoms with Crippen LogP contribution in [-0.2, 0) is 14.3 Å². The molecule has 4 aliphatic heterocycles. The zero-order valence-corrected chi connectivity index (χ0v) is 37.5. The van der Waals surface area contributed by atoms with Crippen LogP contribution in [0.1, 0.15) is 75.5 Å². The summed E-state index contributed by atoms with van der Waals surface area (Å²) in [4.78, 5) is 28.2. The summed E-state index contributed by atoms with van der Waals surface area (Å²) in [5.41, 5.74) is 3.33. The molecular formula is C49H74N4O7. The van der Waals surface area contributed by atoms with Gasteiger partial charge in [0.1, 0.15) is 28.8 Å². The molecule has 4 aliphatic rings. The van der Waals surface area contributed by atoms with Crippen molar-refractivity contribution in [1.29, 1.82) is 0 Å². The Labute approximate surface area is 360 Å². The van der Waals surface area contributed by atoms with Gasteiger partial charge in [-0.1, -0.05) is 53.1 Å². The topological polar surface area (TPSA) is 113 Å². The molecule has 4 heterocycles. The molecule has 11 nitrogen and oxygen atoms in total. The minimum Gasteiger partial charge on any atom is -0.494 e. The number of nitrogens with one attached hydrogen (secondary N) is 1. The molecule has 332 valence electrons. The number of β-amino-alcohol motifs (C(OH)–C–C–N with tert-alkyl or cyclic N) is 1. The first kappa shape index (κ1) is 48.8. The standard InChI is InChI=1S/C16H25NO2.C15H23NO2.C14H19NO2.C4H7NO/c1-14-5-7-15(8-6-14)19-12-4-10-17-11-9-16(2,13-17)18-3;1-13-4-6-14(7-5-13)18-11-3-9-16-10-8-15(2,17)12-16;1-12-3-5-14(6-4-12)17-10-2-8-15-9-7-13(16)11-15;6-4-1-2-5-3-4/h5-8H,4,9-13H2,1-3H3;4-7,17H,3,8-12H2,1-2H3;3-6H,2,7-11H2,1H3;5H,1-3H2. The van der Waals surface area contributed by atoms with Gasteiger partial charge in [0.05, 0.1) is 44.1 Å². The Balaban J connectivity index is 0.000000185. The fourth-order valence-corrected chi connectivity index (χ4v) is 7.38. The number of rotatable bonds is 16. The van der Waals surface area contributed by atoms with E-state index in [4.69, 9.17) is 18.9 Å². The molecule has 3 aromatic rings. The molecule has 2 unspecified atom stereocenters. The summed E-state index contributed by atoms with van der Waals surface area (Å²) in [6, 6.07) is 24.5. The zero-order chi connectivity index (χ0) is 43.2. The Morgan fingerprint density at radius 1 is 0.600 bits per heavy atom. The van der Waals surface area contributed by atoms with Crippen molar-refractivity contribution in [3.63, 3.8) is 0 Å². The second-order valence-electron chi connectivity index (χ2n) is 17.3. The maximum absolute atomic E-state index is 11.1. The summed E-state index contributed by atoms with van der Waals surface area (Å²) in [6.07, 6.45) is 6.51. The first-order valence-electron chi connectivity index (χ1n) is 22.1. The second kappa shape index (κ2) is 25.8. The van der Waals surface area contributed by atoms with Crippen LogP contribution in [-0.4, -0.2) is 141 Å². The van der Waals surface area contributed by atoms with E-state index < -0.39 is 5.60 Å². The van der Waals surface area contributed by atoms with Gasteiger partial charge in [0.25, 0.3) is 0 Å². The van der Waals surface area contributed by atoms with Gasteiger partial charge in [0.2, 0.25) is 0 Å². The smallest absolute Gasteiger partial charge is 0.148 e. The van der Waals surface area contributed by atoms with Gasteiger partial charge >= 0.3 is 0 Å². The van der Waals surface area contributed by atoms with E-state index in [1.54, 1.807) is 0 Å². The fraction of sp³-hybridized carbons (Fsp3) is 0.592. The fourth-order valence-electron chi connectivity index (χ4n) is 7.38. The lowest BCUT2D eigenvalue weighted by Gasteiger charge is -2.22. The number of Topliss-reactive ketones (excluding diaryl/α,β-unsaturated/α-hetero) is 2. The van der Waals surface area contributed by atoms with E-state index >= 15 is 0 Å². The molecule has 0 bridgehead atoms. The normalized spacial score (nSPS) is 21.7. The van der Waals surface area contributed by atoms with Gasteiger partial charge in [0, 0.05) is 78.9 Å². The van der Waals surface area contributed by atoms with E-state index in [1.807, 2.05) is 50.4 Å². The molecule has 0 aromatic heterocycles.